The number of rotatable bonds is 6. The molecule has 0 aliphatic rings. The van der Waals surface area contributed by atoms with E-state index in [2.05, 4.69) is 62.3 Å². The van der Waals surface area contributed by atoms with E-state index in [1.165, 1.54) is 0 Å². The van der Waals surface area contributed by atoms with Gasteiger partial charge >= 0.3 is 18.9 Å². The van der Waals surface area contributed by atoms with E-state index in [4.69, 9.17) is 0 Å². The van der Waals surface area contributed by atoms with Gasteiger partial charge in [0.05, 0.1) is 0 Å². The molecule has 0 rings (SSSR count). The molecule has 1 radical (unpaired) electrons. The Labute approximate surface area is 123 Å². The summed E-state index contributed by atoms with van der Waals surface area (Å²) in [5.74, 6) is 4.88. The van der Waals surface area contributed by atoms with Gasteiger partial charge in [-0.2, -0.15) is 17.5 Å². The molecule has 0 aliphatic carbocycles. The van der Waals surface area contributed by atoms with Crippen LogP contribution in [0.1, 0.15) is 62.3 Å². The van der Waals surface area contributed by atoms with Crippen LogP contribution in [0, 0.1) is 17.8 Å². The maximum absolute atomic E-state index is 2.45. The standard InChI is InChI=1S/C15H33B.Li/c1-10(2)13(7)16(14(8)11(3)4)15(9)12(5)6;/h10-15H,1-9H3;/q-1;+1/t13-,14-,15-;/m1./s1. The zero-order chi connectivity index (χ0) is 13.0. The first kappa shape index (κ1) is 20.0. The summed E-state index contributed by atoms with van der Waals surface area (Å²) < 4.78 is 0. The van der Waals surface area contributed by atoms with Crippen molar-refractivity contribution < 1.29 is 18.9 Å². The number of hydrogen-bond donors (Lipinski definition) is 0. The summed E-state index contributed by atoms with van der Waals surface area (Å²) >= 11 is 0. The number of hydrogen-bond acceptors (Lipinski definition) is 0. The maximum Gasteiger partial charge on any atom is 1.00 e. The maximum atomic E-state index is 2.45. The molecule has 0 amide bonds. The molecule has 0 aromatic carbocycles. The first-order valence-corrected chi connectivity index (χ1v) is 7.20. The first-order chi connectivity index (χ1) is 7.20. The van der Waals surface area contributed by atoms with Crippen LogP contribution in [-0.2, 0) is 0 Å². The van der Waals surface area contributed by atoms with E-state index < -0.39 is 0 Å². The van der Waals surface area contributed by atoms with Crippen molar-refractivity contribution in [3.05, 3.63) is 0 Å². The fourth-order valence-corrected chi connectivity index (χ4v) is 2.77. The van der Waals surface area contributed by atoms with Gasteiger partial charge in [-0.05, 0) is 0 Å². The van der Waals surface area contributed by atoms with Crippen LogP contribution < -0.4 is 18.9 Å². The minimum atomic E-state index is 0. The molecule has 0 saturated heterocycles. The van der Waals surface area contributed by atoms with Crippen molar-refractivity contribution in [2.75, 3.05) is 0 Å². The van der Waals surface area contributed by atoms with Crippen molar-refractivity contribution in [3.63, 3.8) is 0 Å². The van der Waals surface area contributed by atoms with Gasteiger partial charge in [0, 0.05) is 0 Å². The Morgan fingerprint density at radius 1 is 0.471 bits per heavy atom. The smallest absolute Gasteiger partial charge is 0.197 e. The Bertz CT molecular complexity index is 156. The van der Waals surface area contributed by atoms with Gasteiger partial charge in [0.15, 0.2) is 0 Å². The van der Waals surface area contributed by atoms with Gasteiger partial charge in [0.25, 0.3) is 0 Å². The average Bonchev–Trinajstić information content (AvgIpc) is 2.16. The normalized spacial score (nSPS) is 17.5. The summed E-state index contributed by atoms with van der Waals surface area (Å²) in [6.07, 6.45) is 0. The third kappa shape index (κ3) is 5.89. The van der Waals surface area contributed by atoms with Gasteiger partial charge in [-0.1, -0.05) is 80.1 Å². The fraction of sp³-hybridized carbons (Fsp3) is 1.00. The molecule has 0 aliphatic heterocycles. The summed E-state index contributed by atoms with van der Waals surface area (Å²) in [6.45, 7) is 22.5. The molecule has 0 unspecified atom stereocenters. The zero-order valence-electron chi connectivity index (χ0n) is 14.0. The third-order valence-corrected chi connectivity index (χ3v) is 4.98. The summed E-state index contributed by atoms with van der Waals surface area (Å²) in [6, 6.07) is 0. The van der Waals surface area contributed by atoms with Gasteiger partial charge < -0.3 is 0 Å². The second kappa shape index (κ2) is 8.71. The second-order valence-corrected chi connectivity index (χ2v) is 6.89. The van der Waals surface area contributed by atoms with E-state index >= 15 is 0 Å². The van der Waals surface area contributed by atoms with Crippen LogP contribution in [0.2, 0.25) is 17.5 Å². The Hall–Kier alpha value is 0.662. The SMILES string of the molecule is CC(C)[C@@H](C)[B-]([C@H](C)C(C)C)[C@H](C)C(C)C.[Li+]. The molecule has 17 heavy (non-hydrogen) atoms. The van der Waals surface area contributed by atoms with Gasteiger partial charge in [-0.3, -0.25) is 0 Å². The van der Waals surface area contributed by atoms with E-state index in [0.717, 1.165) is 41.9 Å². The van der Waals surface area contributed by atoms with Gasteiger partial charge in [-0.25, -0.2) is 0 Å². The van der Waals surface area contributed by atoms with E-state index in [1.54, 1.807) is 0 Å². The largest absolute Gasteiger partial charge is 1.00 e. The van der Waals surface area contributed by atoms with E-state index in [-0.39, 0.29) is 18.9 Å². The molecular weight excluding hydrogens is 198 g/mol. The van der Waals surface area contributed by atoms with Crippen LogP contribution >= 0.6 is 0 Å². The molecule has 0 spiro atoms. The summed E-state index contributed by atoms with van der Waals surface area (Å²) in [4.78, 5) is 0. The fourth-order valence-electron chi connectivity index (χ4n) is 2.77. The van der Waals surface area contributed by atoms with Crippen LogP contribution in [0.4, 0.5) is 0 Å². The predicted molar refractivity (Wildman–Crippen MR) is 78.5 cm³/mol. The molecule has 0 aromatic heterocycles. The molecule has 0 nitrogen and oxygen atoms in total. The van der Waals surface area contributed by atoms with Crippen molar-refractivity contribution in [1.29, 1.82) is 0 Å². The van der Waals surface area contributed by atoms with Crippen molar-refractivity contribution in [2.45, 2.75) is 79.8 Å². The monoisotopic (exact) mass is 231 g/mol. The van der Waals surface area contributed by atoms with Crippen LogP contribution in [0.3, 0.4) is 0 Å². The van der Waals surface area contributed by atoms with E-state index in [9.17, 15) is 0 Å². The molecule has 0 fully saturated rings. The van der Waals surface area contributed by atoms with Crippen LogP contribution in [0.25, 0.3) is 0 Å². The van der Waals surface area contributed by atoms with E-state index in [1.807, 2.05) is 0 Å². The molecule has 3 atom stereocenters. The van der Waals surface area contributed by atoms with Gasteiger partial charge in [-0.15, -0.1) is 6.71 Å². The Morgan fingerprint density at radius 3 is 0.765 bits per heavy atom. The predicted octanol–water partition coefficient (Wildman–Crippen LogP) is 2.62. The third-order valence-electron chi connectivity index (χ3n) is 4.98. The minimum Gasteiger partial charge on any atom is -0.197 e. The Morgan fingerprint density at radius 2 is 0.647 bits per heavy atom. The van der Waals surface area contributed by atoms with Crippen molar-refractivity contribution in [2.24, 2.45) is 17.8 Å². The van der Waals surface area contributed by atoms with Crippen molar-refractivity contribution in [1.82, 2.24) is 0 Å². The molecule has 0 N–H and O–H groups in total. The second-order valence-electron chi connectivity index (χ2n) is 6.89. The molecular formula is C15H33BLi. The summed E-state index contributed by atoms with van der Waals surface area (Å²) in [5, 5.41) is 0. The molecule has 0 heterocycles. The molecule has 2 heteroatoms. The van der Waals surface area contributed by atoms with Crippen molar-refractivity contribution in [3.8, 4) is 0 Å². The zero-order valence-corrected chi connectivity index (χ0v) is 14.0. The Kier molecular flexibility index (Phi) is 10.2. The first-order valence-electron chi connectivity index (χ1n) is 7.20. The topological polar surface area (TPSA) is 0 Å². The van der Waals surface area contributed by atoms with E-state index in [0.29, 0.717) is 0 Å². The Balaban J connectivity index is 0. The van der Waals surface area contributed by atoms with Gasteiger partial charge in [0.2, 0.25) is 0 Å². The molecule has 0 saturated carbocycles. The van der Waals surface area contributed by atoms with Gasteiger partial charge in [0.1, 0.15) is 0 Å². The average molecular weight is 231 g/mol. The summed E-state index contributed by atoms with van der Waals surface area (Å²) in [7, 11) is 0. The van der Waals surface area contributed by atoms with Crippen LogP contribution in [0.5, 0.6) is 0 Å². The molecule has 0 bridgehead atoms. The quantitative estimate of drug-likeness (QED) is 0.616. The van der Waals surface area contributed by atoms with Crippen LogP contribution in [0.15, 0.2) is 0 Å². The van der Waals surface area contributed by atoms with Crippen molar-refractivity contribution >= 4 is 6.71 Å². The summed E-state index contributed by atoms with van der Waals surface area (Å²) in [5.41, 5.74) is 0. The van der Waals surface area contributed by atoms with Crippen LogP contribution in [-0.4, -0.2) is 6.71 Å². The molecule has 97 valence electrons. The minimum absolute atomic E-state index is 0. The molecule has 0 aromatic rings.